The number of hydrogen-bond acceptors (Lipinski definition) is 4. The Morgan fingerprint density at radius 1 is 1.38 bits per heavy atom. The Labute approximate surface area is 156 Å². The molecule has 8 heteroatoms. The molecule has 1 aromatic heterocycles. The molecule has 24 heavy (non-hydrogen) atoms. The lowest BCUT2D eigenvalue weighted by Gasteiger charge is -2.31. The number of nitrogens with zero attached hydrogens (tertiary/aromatic N) is 4. The van der Waals surface area contributed by atoms with Crippen molar-refractivity contribution < 1.29 is 4.79 Å². The van der Waals surface area contributed by atoms with E-state index in [0.717, 1.165) is 41.8 Å². The number of amides is 1. The van der Waals surface area contributed by atoms with Crippen molar-refractivity contribution >= 4 is 34.2 Å². The van der Waals surface area contributed by atoms with Crippen LogP contribution in [0.1, 0.15) is 29.0 Å². The van der Waals surface area contributed by atoms with Crippen LogP contribution in [-0.4, -0.2) is 52.0 Å². The van der Waals surface area contributed by atoms with E-state index >= 15 is 0 Å². The molecule has 1 aliphatic heterocycles. The second-order valence-corrected chi connectivity index (χ2v) is 6.73. The summed E-state index contributed by atoms with van der Waals surface area (Å²) in [5, 5.41) is 11.6. The maximum Gasteiger partial charge on any atom is 0.276 e. The monoisotopic (exact) mass is 413 g/mol. The molecule has 0 saturated carbocycles. The van der Waals surface area contributed by atoms with E-state index in [-0.39, 0.29) is 24.4 Å². The van der Waals surface area contributed by atoms with Gasteiger partial charge in [-0.15, -0.1) is 17.5 Å². The fourth-order valence-corrected chi connectivity index (χ4v) is 3.29. The number of benzene rings is 1. The summed E-state index contributed by atoms with van der Waals surface area (Å²) in [5.41, 5.74) is 2.06. The third-order valence-electron chi connectivity index (χ3n) is 4.33. The number of halogens is 2. The highest BCUT2D eigenvalue weighted by Gasteiger charge is 2.26. The summed E-state index contributed by atoms with van der Waals surface area (Å²) in [5.74, 6) is -0.0596. The first kappa shape index (κ1) is 18.9. The van der Waals surface area contributed by atoms with Crippen molar-refractivity contribution in [2.45, 2.75) is 25.8 Å². The predicted octanol–water partition coefficient (Wildman–Crippen LogP) is 2.58. The molecule has 3 rings (SSSR count). The van der Waals surface area contributed by atoms with Crippen molar-refractivity contribution in [3.05, 3.63) is 40.1 Å². The molecule has 1 aliphatic rings. The standard InChI is InChI=1S/C16H20BrN5O.ClH/c1-11-15(16(23)21(2)13-6-8-18-9-7-13)19-20-22(11)14-5-3-4-12(17)10-14;/h3-5,10,13,18H,6-9H2,1-2H3;1H. The molecule has 1 amide bonds. The molecule has 0 spiro atoms. The first-order valence-corrected chi connectivity index (χ1v) is 8.53. The summed E-state index contributed by atoms with van der Waals surface area (Å²) < 4.78 is 2.67. The molecule has 1 N–H and O–H groups in total. The molecular formula is C16H21BrClN5O. The molecule has 1 aromatic carbocycles. The summed E-state index contributed by atoms with van der Waals surface area (Å²) in [6.45, 7) is 3.78. The molecule has 0 aliphatic carbocycles. The summed E-state index contributed by atoms with van der Waals surface area (Å²) in [4.78, 5) is 14.6. The van der Waals surface area contributed by atoms with E-state index in [0.29, 0.717) is 5.69 Å². The SMILES string of the molecule is Cc1c(C(=O)N(C)C2CCNCC2)nnn1-c1cccc(Br)c1.Cl. The Morgan fingerprint density at radius 3 is 2.75 bits per heavy atom. The number of carbonyl (C=O) groups excluding carboxylic acids is 1. The Hall–Kier alpha value is -1.44. The second-order valence-electron chi connectivity index (χ2n) is 5.81. The van der Waals surface area contributed by atoms with E-state index in [1.54, 1.807) is 4.68 Å². The van der Waals surface area contributed by atoms with Gasteiger partial charge in [-0.25, -0.2) is 4.68 Å². The van der Waals surface area contributed by atoms with Crippen LogP contribution < -0.4 is 5.32 Å². The van der Waals surface area contributed by atoms with Crippen molar-refractivity contribution in [2.24, 2.45) is 0 Å². The van der Waals surface area contributed by atoms with E-state index in [1.165, 1.54) is 0 Å². The zero-order chi connectivity index (χ0) is 16.4. The third-order valence-corrected chi connectivity index (χ3v) is 4.82. The van der Waals surface area contributed by atoms with Crippen LogP contribution in [0.2, 0.25) is 0 Å². The Kier molecular flexibility index (Phi) is 6.37. The topological polar surface area (TPSA) is 63.1 Å². The van der Waals surface area contributed by atoms with E-state index < -0.39 is 0 Å². The molecule has 1 saturated heterocycles. The lowest BCUT2D eigenvalue weighted by Crippen LogP contribution is -2.44. The Morgan fingerprint density at radius 2 is 2.08 bits per heavy atom. The van der Waals surface area contributed by atoms with Gasteiger partial charge in [0, 0.05) is 17.6 Å². The van der Waals surface area contributed by atoms with E-state index in [1.807, 2.05) is 43.1 Å². The van der Waals surface area contributed by atoms with E-state index in [2.05, 4.69) is 31.6 Å². The summed E-state index contributed by atoms with van der Waals surface area (Å²) >= 11 is 3.45. The van der Waals surface area contributed by atoms with Crippen LogP contribution in [0.15, 0.2) is 28.7 Å². The molecule has 1 fully saturated rings. The van der Waals surface area contributed by atoms with Gasteiger partial charge < -0.3 is 10.2 Å². The van der Waals surface area contributed by atoms with Gasteiger partial charge in [-0.1, -0.05) is 27.2 Å². The summed E-state index contributed by atoms with van der Waals surface area (Å²) in [7, 11) is 1.86. The van der Waals surface area contributed by atoms with Crippen molar-refractivity contribution in [1.29, 1.82) is 0 Å². The third kappa shape index (κ3) is 3.79. The molecule has 2 aromatic rings. The van der Waals surface area contributed by atoms with Crippen LogP contribution in [0.5, 0.6) is 0 Å². The highest BCUT2D eigenvalue weighted by molar-refractivity contribution is 9.10. The van der Waals surface area contributed by atoms with Gasteiger partial charge in [0.25, 0.3) is 5.91 Å². The number of piperidine rings is 1. The van der Waals surface area contributed by atoms with E-state index in [9.17, 15) is 4.79 Å². The molecule has 130 valence electrons. The highest BCUT2D eigenvalue weighted by atomic mass is 79.9. The largest absolute Gasteiger partial charge is 0.337 e. The van der Waals surface area contributed by atoms with Gasteiger partial charge in [-0.05, 0) is 51.1 Å². The summed E-state index contributed by atoms with van der Waals surface area (Å²) in [6.07, 6.45) is 1.95. The predicted molar refractivity (Wildman–Crippen MR) is 99.0 cm³/mol. The normalized spacial score (nSPS) is 15.0. The van der Waals surface area contributed by atoms with Gasteiger partial charge in [0.2, 0.25) is 0 Å². The zero-order valence-electron chi connectivity index (χ0n) is 13.7. The average molecular weight is 415 g/mol. The number of aromatic nitrogens is 3. The van der Waals surface area contributed by atoms with Crippen LogP contribution in [0.25, 0.3) is 5.69 Å². The highest BCUT2D eigenvalue weighted by Crippen LogP contribution is 2.19. The van der Waals surface area contributed by atoms with Crippen molar-refractivity contribution in [1.82, 2.24) is 25.2 Å². The van der Waals surface area contributed by atoms with Gasteiger partial charge in [0.15, 0.2) is 5.69 Å². The maximum atomic E-state index is 12.8. The van der Waals surface area contributed by atoms with Gasteiger partial charge in [-0.2, -0.15) is 0 Å². The molecule has 6 nitrogen and oxygen atoms in total. The van der Waals surface area contributed by atoms with Gasteiger partial charge in [0.1, 0.15) is 0 Å². The fraction of sp³-hybridized carbons (Fsp3) is 0.438. The van der Waals surface area contributed by atoms with Crippen LogP contribution in [-0.2, 0) is 0 Å². The number of nitrogens with one attached hydrogen (secondary N) is 1. The van der Waals surface area contributed by atoms with Crippen LogP contribution in [0.4, 0.5) is 0 Å². The summed E-state index contributed by atoms with van der Waals surface area (Å²) in [6, 6.07) is 8.04. The maximum absolute atomic E-state index is 12.8. The van der Waals surface area contributed by atoms with Crippen molar-refractivity contribution in [3.8, 4) is 5.69 Å². The minimum Gasteiger partial charge on any atom is -0.337 e. The van der Waals surface area contributed by atoms with Crippen molar-refractivity contribution in [3.63, 3.8) is 0 Å². The zero-order valence-corrected chi connectivity index (χ0v) is 16.1. The quantitative estimate of drug-likeness (QED) is 0.838. The van der Waals surface area contributed by atoms with Crippen LogP contribution in [0.3, 0.4) is 0 Å². The van der Waals surface area contributed by atoms with Crippen LogP contribution in [0, 0.1) is 6.92 Å². The average Bonchev–Trinajstić information content (AvgIpc) is 2.96. The van der Waals surface area contributed by atoms with Gasteiger partial charge in [0.05, 0.1) is 11.4 Å². The van der Waals surface area contributed by atoms with Gasteiger partial charge >= 0.3 is 0 Å². The molecule has 0 unspecified atom stereocenters. The fourth-order valence-electron chi connectivity index (χ4n) is 2.91. The number of rotatable bonds is 3. The molecule has 0 atom stereocenters. The lowest BCUT2D eigenvalue weighted by atomic mass is 10.0. The first-order valence-electron chi connectivity index (χ1n) is 7.74. The smallest absolute Gasteiger partial charge is 0.276 e. The molecular weight excluding hydrogens is 394 g/mol. The number of carbonyl (C=O) groups is 1. The lowest BCUT2D eigenvalue weighted by molar-refractivity contribution is 0.0696. The van der Waals surface area contributed by atoms with Gasteiger partial charge in [-0.3, -0.25) is 4.79 Å². The minimum absolute atomic E-state index is 0. The molecule has 0 radical (unpaired) electrons. The first-order chi connectivity index (χ1) is 11.1. The number of hydrogen-bond donors (Lipinski definition) is 1. The van der Waals surface area contributed by atoms with Crippen molar-refractivity contribution in [2.75, 3.05) is 20.1 Å². The van der Waals surface area contributed by atoms with E-state index in [4.69, 9.17) is 0 Å². The molecule has 2 heterocycles. The van der Waals surface area contributed by atoms with Crippen LogP contribution >= 0.6 is 28.3 Å². The minimum atomic E-state index is -0.0596. The Balaban J connectivity index is 0.00000208. The Bertz CT molecular complexity index is 714. The second kappa shape index (κ2) is 8.09. The molecule has 0 bridgehead atoms.